The molecule has 1 aliphatic carbocycles. The first-order valence-electron chi connectivity index (χ1n) is 13.6. The number of likely N-dealkylation sites (N-methyl/N-ethyl adjacent to an activating group) is 1. The molecule has 0 unspecified atom stereocenters. The normalized spacial score (nSPS) is 15.6. The maximum Gasteiger partial charge on any atom is 0.195 e. The average molecular weight is 536 g/mol. The van der Waals surface area contributed by atoms with Crippen molar-refractivity contribution >= 4 is 34.0 Å². The van der Waals surface area contributed by atoms with E-state index in [1.165, 1.54) is 11.3 Å². The summed E-state index contributed by atoms with van der Waals surface area (Å²) in [6.07, 6.45) is 1.89. The summed E-state index contributed by atoms with van der Waals surface area (Å²) in [6.45, 7) is 6.78. The number of benzene rings is 3. The predicted molar refractivity (Wildman–Crippen MR) is 160 cm³/mol. The number of nitrogens with zero attached hydrogens (tertiary/aromatic N) is 3. The van der Waals surface area contributed by atoms with Gasteiger partial charge in [0.2, 0.25) is 0 Å². The lowest BCUT2D eigenvalue weighted by molar-refractivity contribution is 0.105. The van der Waals surface area contributed by atoms with E-state index in [4.69, 9.17) is 4.74 Å². The Morgan fingerprint density at radius 1 is 0.897 bits per heavy atom. The molecule has 1 saturated heterocycles. The number of thiazole rings is 1. The zero-order chi connectivity index (χ0) is 26.8. The molecule has 0 bridgehead atoms. The van der Waals surface area contributed by atoms with Crippen LogP contribution in [-0.4, -0.2) is 55.5 Å². The summed E-state index contributed by atoms with van der Waals surface area (Å²) in [5.74, 6) is 0.789. The summed E-state index contributed by atoms with van der Waals surface area (Å²) < 4.78 is 6.09. The van der Waals surface area contributed by atoms with Gasteiger partial charge in [0, 0.05) is 48.6 Å². The number of ether oxygens (including phenoxy) is 1. The van der Waals surface area contributed by atoms with Gasteiger partial charge in [-0.2, -0.15) is 0 Å². The largest absolute Gasteiger partial charge is 0.494 e. The van der Waals surface area contributed by atoms with Crippen molar-refractivity contribution in [3.05, 3.63) is 111 Å². The van der Waals surface area contributed by atoms with Crippen LogP contribution >= 0.6 is 11.3 Å². The molecule has 39 heavy (non-hydrogen) atoms. The zero-order valence-corrected chi connectivity index (χ0v) is 23.3. The highest BCUT2D eigenvalue weighted by Gasteiger charge is 2.33. The van der Waals surface area contributed by atoms with E-state index in [-0.39, 0.29) is 5.78 Å². The zero-order valence-electron chi connectivity index (χ0n) is 22.5. The number of rotatable bonds is 8. The van der Waals surface area contributed by atoms with E-state index in [1.54, 1.807) is 11.3 Å². The minimum Gasteiger partial charge on any atom is -0.494 e. The monoisotopic (exact) mass is 535 g/mol. The summed E-state index contributed by atoms with van der Waals surface area (Å²) in [6, 6.07) is 24.9. The number of ketones is 1. The van der Waals surface area contributed by atoms with Crippen molar-refractivity contribution in [2.24, 2.45) is 0 Å². The molecule has 0 atom stereocenters. The van der Waals surface area contributed by atoms with Crippen LogP contribution in [0.15, 0.2) is 78.3 Å². The molecule has 1 aromatic heterocycles. The van der Waals surface area contributed by atoms with Gasteiger partial charge in [0.15, 0.2) is 5.78 Å². The molecule has 0 N–H and O–H groups in total. The van der Waals surface area contributed by atoms with E-state index >= 15 is 0 Å². The summed E-state index contributed by atoms with van der Waals surface area (Å²) in [7, 11) is 2.17. The smallest absolute Gasteiger partial charge is 0.195 e. The van der Waals surface area contributed by atoms with Crippen molar-refractivity contribution < 1.29 is 9.53 Å². The third kappa shape index (κ3) is 5.27. The minimum absolute atomic E-state index is 0.0508. The second kappa shape index (κ2) is 11.2. The summed E-state index contributed by atoms with van der Waals surface area (Å²) in [5.41, 5.74) is 9.67. The number of hydrogen-bond donors (Lipinski definition) is 0. The molecule has 0 amide bonds. The molecular weight excluding hydrogens is 502 g/mol. The van der Waals surface area contributed by atoms with Crippen molar-refractivity contribution in [3.8, 4) is 5.75 Å². The number of fused-ring (bicyclic) bond motifs is 1. The number of aryl methyl sites for hydroxylation is 2. The van der Waals surface area contributed by atoms with Gasteiger partial charge in [-0.15, -0.1) is 11.3 Å². The Hall–Kier alpha value is -3.74. The molecule has 1 fully saturated rings. The lowest BCUT2D eigenvalue weighted by Gasteiger charge is -2.34. The number of aromatic nitrogens is 1. The summed E-state index contributed by atoms with van der Waals surface area (Å²) in [4.78, 5) is 24.3. The van der Waals surface area contributed by atoms with Crippen LogP contribution in [0.2, 0.25) is 0 Å². The average Bonchev–Trinajstić information content (AvgIpc) is 3.52. The van der Waals surface area contributed by atoms with Crippen molar-refractivity contribution in [2.75, 3.05) is 44.7 Å². The number of hydrogen-bond acceptors (Lipinski definition) is 6. The van der Waals surface area contributed by atoms with Gasteiger partial charge in [-0.25, -0.2) is 4.98 Å². The van der Waals surface area contributed by atoms with Crippen LogP contribution in [0, 0.1) is 6.92 Å². The van der Waals surface area contributed by atoms with Gasteiger partial charge >= 0.3 is 0 Å². The second-order valence-corrected chi connectivity index (χ2v) is 11.2. The summed E-state index contributed by atoms with van der Waals surface area (Å²) in [5, 5.41) is 0. The molecule has 6 heteroatoms. The van der Waals surface area contributed by atoms with E-state index < -0.39 is 0 Å². The Kier molecular flexibility index (Phi) is 7.31. The fourth-order valence-electron chi connectivity index (χ4n) is 5.47. The highest BCUT2D eigenvalue weighted by atomic mass is 32.1. The van der Waals surface area contributed by atoms with Gasteiger partial charge in [-0.3, -0.25) is 4.79 Å². The van der Waals surface area contributed by atoms with E-state index in [2.05, 4.69) is 70.4 Å². The van der Waals surface area contributed by atoms with Gasteiger partial charge in [0.05, 0.1) is 22.7 Å². The molecule has 198 valence electrons. The van der Waals surface area contributed by atoms with Crippen LogP contribution in [0.25, 0.3) is 11.1 Å². The molecule has 0 radical (unpaired) electrons. The standard InChI is InChI=1S/C33H33N3O2S/c1-23-33(39-22-34-23)31-28-15-14-27(38-20-6-9-24-7-4-3-5-8-24)21-29(28)32(37)30(31)25-10-12-26(13-11-25)36-18-16-35(2)17-19-36/h3-5,7-8,10-15,21-22H,6,9,16-20H2,1-2H3. The molecule has 0 saturated carbocycles. The van der Waals surface area contributed by atoms with E-state index in [0.29, 0.717) is 12.2 Å². The Bertz CT molecular complexity index is 1500. The van der Waals surface area contributed by atoms with E-state index in [0.717, 1.165) is 77.6 Å². The van der Waals surface area contributed by atoms with Gasteiger partial charge in [0.1, 0.15) is 5.75 Å². The third-order valence-corrected chi connectivity index (χ3v) is 8.65. The Labute approximate surface area is 234 Å². The molecule has 1 aliphatic heterocycles. The second-order valence-electron chi connectivity index (χ2n) is 10.3. The Morgan fingerprint density at radius 3 is 2.38 bits per heavy atom. The molecule has 4 aromatic rings. The van der Waals surface area contributed by atoms with Crippen molar-refractivity contribution in [1.82, 2.24) is 9.88 Å². The highest BCUT2D eigenvalue weighted by Crippen LogP contribution is 2.45. The van der Waals surface area contributed by atoms with Crippen LogP contribution in [0.4, 0.5) is 5.69 Å². The molecule has 5 nitrogen and oxygen atoms in total. The van der Waals surface area contributed by atoms with Crippen molar-refractivity contribution in [2.45, 2.75) is 19.8 Å². The molecular formula is C33H33N3O2S. The van der Waals surface area contributed by atoms with Crippen LogP contribution in [0.1, 0.15) is 44.0 Å². The van der Waals surface area contributed by atoms with Crippen LogP contribution in [0.5, 0.6) is 5.75 Å². The SMILES string of the molecule is Cc1ncsc1C1=C(c2ccc(N3CCN(C)CC3)cc2)C(=O)c2cc(OCCCc3ccccc3)ccc21. The number of Topliss-reactive ketones (excluding diaryl/α,β-unsaturated/α-hetero) is 1. The van der Waals surface area contributed by atoms with Crippen LogP contribution in [-0.2, 0) is 6.42 Å². The summed E-state index contributed by atoms with van der Waals surface area (Å²) >= 11 is 1.59. The fraction of sp³-hybridized carbons (Fsp3) is 0.273. The number of allylic oxidation sites excluding steroid dienone is 1. The lowest BCUT2D eigenvalue weighted by atomic mass is 9.97. The number of carbonyl (C=O) groups excluding carboxylic acids is 1. The van der Waals surface area contributed by atoms with Gasteiger partial charge < -0.3 is 14.5 Å². The fourth-order valence-corrected chi connectivity index (χ4v) is 6.34. The predicted octanol–water partition coefficient (Wildman–Crippen LogP) is 6.37. The molecule has 2 aliphatic rings. The lowest BCUT2D eigenvalue weighted by Crippen LogP contribution is -2.44. The molecule has 3 aromatic carbocycles. The number of carbonyl (C=O) groups is 1. The van der Waals surface area contributed by atoms with Crippen molar-refractivity contribution in [1.29, 1.82) is 0 Å². The first-order valence-corrected chi connectivity index (χ1v) is 14.5. The van der Waals surface area contributed by atoms with E-state index in [1.807, 2.05) is 36.7 Å². The first-order chi connectivity index (χ1) is 19.1. The molecule has 0 spiro atoms. The van der Waals surface area contributed by atoms with Crippen LogP contribution < -0.4 is 9.64 Å². The van der Waals surface area contributed by atoms with E-state index in [9.17, 15) is 4.79 Å². The quantitative estimate of drug-likeness (QED) is 0.245. The van der Waals surface area contributed by atoms with Gasteiger partial charge in [0.25, 0.3) is 0 Å². The molecule has 2 heterocycles. The Morgan fingerprint density at radius 2 is 1.67 bits per heavy atom. The number of anilines is 1. The Balaban J connectivity index is 1.26. The molecule has 6 rings (SSSR count). The number of piperazine rings is 1. The maximum atomic E-state index is 14.0. The topological polar surface area (TPSA) is 45.7 Å². The third-order valence-electron chi connectivity index (χ3n) is 7.70. The van der Waals surface area contributed by atoms with Crippen LogP contribution in [0.3, 0.4) is 0 Å². The minimum atomic E-state index is 0.0508. The first kappa shape index (κ1) is 25.5. The van der Waals surface area contributed by atoms with Gasteiger partial charge in [-0.05, 0) is 73.8 Å². The van der Waals surface area contributed by atoms with Gasteiger partial charge in [-0.1, -0.05) is 42.5 Å². The van der Waals surface area contributed by atoms with Crippen molar-refractivity contribution in [3.63, 3.8) is 0 Å². The highest BCUT2D eigenvalue weighted by molar-refractivity contribution is 7.11. The maximum absolute atomic E-state index is 14.0.